The second-order valence-corrected chi connectivity index (χ2v) is 7.78. The molecule has 158 valence electrons. The Bertz CT molecular complexity index is 1190. The number of fused-ring (bicyclic) bond motifs is 1. The topological polar surface area (TPSA) is 77.2 Å². The van der Waals surface area contributed by atoms with Crippen molar-refractivity contribution in [3.8, 4) is 17.0 Å². The zero-order valence-corrected chi connectivity index (χ0v) is 17.5. The van der Waals surface area contributed by atoms with E-state index in [0.717, 1.165) is 65.3 Å². The number of carbonyl (C=O) groups is 1. The van der Waals surface area contributed by atoms with Crippen molar-refractivity contribution in [3.05, 3.63) is 66.4 Å². The number of hydrogen-bond acceptors (Lipinski definition) is 4. The molecule has 5 rings (SSSR count). The van der Waals surface area contributed by atoms with E-state index in [2.05, 4.69) is 26.1 Å². The summed E-state index contributed by atoms with van der Waals surface area (Å²) in [6.45, 7) is 3.05. The van der Waals surface area contributed by atoms with E-state index in [1.807, 2.05) is 59.6 Å². The third kappa shape index (κ3) is 3.86. The number of nitrogens with zero attached hydrogens (tertiary/aromatic N) is 3. The minimum atomic E-state index is 0.0888. The summed E-state index contributed by atoms with van der Waals surface area (Å²) < 4.78 is 5.23. The lowest BCUT2D eigenvalue weighted by Crippen LogP contribution is -2.35. The standard InChI is InChI=1S/C24H25N5O2/c1-31-20-6-3-17(4-7-20)22-16-23(27-26-22)28-11-2-12-29(14-13-28)24(30)19-5-8-21-18(15-19)9-10-25-21/h3-10,15-16,25H,2,11-14H2,1H3,(H,26,27). The van der Waals surface area contributed by atoms with Crippen LogP contribution in [-0.4, -0.2) is 59.3 Å². The highest BCUT2D eigenvalue weighted by Crippen LogP contribution is 2.25. The van der Waals surface area contributed by atoms with Crippen molar-refractivity contribution in [2.45, 2.75) is 6.42 Å². The molecule has 4 aromatic rings. The van der Waals surface area contributed by atoms with E-state index in [9.17, 15) is 4.79 Å². The van der Waals surface area contributed by atoms with Gasteiger partial charge in [0.25, 0.3) is 5.91 Å². The molecule has 7 nitrogen and oxygen atoms in total. The van der Waals surface area contributed by atoms with Crippen molar-refractivity contribution in [1.29, 1.82) is 0 Å². The Morgan fingerprint density at radius 2 is 1.87 bits per heavy atom. The number of anilines is 1. The molecule has 0 radical (unpaired) electrons. The number of methoxy groups -OCH3 is 1. The maximum absolute atomic E-state index is 13.1. The van der Waals surface area contributed by atoms with Crippen LogP contribution < -0.4 is 9.64 Å². The summed E-state index contributed by atoms with van der Waals surface area (Å²) in [5.41, 5.74) is 3.81. The second-order valence-electron chi connectivity index (χ2n) is 7.78. The lowest BCUT2D eigenvalue weighted by Gasteiger charge is -2.22. The molecule has 0 aliphatic carbocycles. The van der Waals surface area contributed by atoms with Crippen LogP contribution in [0.5, 0.6) is 5.75 Å². The van der Waals surface area contributed by atoms with Crippen molar-refractivity contribution >= 4 is 22.6 Å². The molecular weight excluding hydrogens is 390 g/mol. The molecule has 0 saturated carbocycles. The Hall–Kier alpha value is -3.74. The van der Waals surface area contributed by atoms with Gasteiger partial charge >= 0.3 is 0 Å². The van der Waals surface area contributed by atoms with E-state index in [4.69, 9.17) is 4.74 Å². The summed E-state index contributed by atoms with van der Waals surface area (Å²) in [5.74, 6) is 1.83. The lowest BCUT2D eigenvalue weighted by atomic mass is 10.1. The Morgan fingerprint density at radius 1 is 1.00 bits per heavy atom. The third-order valence-electron chi connectivity index (χ3n) is 5.87. The van der Waals surface area contributed by atoms with Gasteiger partial charge in [-0.1, -0.05) is 0 Å². The minimum Gasteiger partial charge on any atom is -0.497 e. The molecule has 0 atom stereocenters. The van der Waals surface area contributed by atoms with Crippen LogP contribution in [0.1, 0.15) is 16.8 Å². The first-order valence-corrected chi connectivity index (χ1v) is 10.5. The Morgan fingerprint density at radius 3 is 2.71 bits per heavy atom. The molecule has 2 aromatic heterocycles. The van der Waals surface area contributed by atoms with E-state index < -0.39 is 0 Å². The summed E-state index contributed by atoms with van der Waals surface area (Å²) in [5, 5.41) is 8.72. The van der Waals surface area contributed by atoms with Crippen LogP contribution in [0.15, 0.2) is 60.8 Å². The molecule has 0 unspecified atom stereocenters. The number of benzene rings is 2. The molecule has 1 aliphatic heterocycles. The largest absolute Gasteiger partial charge is 0.497 e. The quantitative estimate of drug-likeness (QED) is 0.530. The van der Waals surface area contributed by atoms with Gasteiger partial charge in [0, 0.05) is 54.9 Å². The molecular formula is C24H25N5O2. The fraction of sp³-hybridized carbons (Fsp3) is 0.250. The number of hydrogen-bond donors (Lipinski definition) is 2. The van der Waals surface area contributed by atoms with Gasteiger partial charge in [0.05, 0.1) is 12.8 Å². The number of ether oxygens (including phenoxy) is 1. The maximum Gasteiger partial charge on any atom is 0.253 e. The molecule has 7 heteroatoms. The summed E-state index contributed by atoms with van der Waals surface area (Å²) in [4.78, 5) is 20.4. The van der Waals surface area contributed by atoms with E-state index in [1.54, 1.807) is 7.11 Å². The number of nitrogens with one attached hydrogen (secondary N) is 2. The van der Waals surface area contributed by atoms with Crippen molar-refractivity contribution in [2.24, 2.45) is 0 Å². The van der Waals surface area contributed by atoms with Crippen LogP contribution in [0, 0.1) is 0 Å². The number of H-pyrrole nitrogens is 2. The van der Waals surface area contributed by atoms with Gasteiger partial charge in [-0.05, 0) is 60.5 Å². The first kappa shape index (κ1) is 19.2. The molecule has 1 amide bonds. The molecule has 1 fully saturated rings. The fourth-order valence-corrected chi connectivity index (χ4v) is 4.11. The normalized spacial score (nSPS) is 14.6. The first-order valence-electron chi connectivity index (χ1n) is 10.5. The summed E-state index contributed by atoms with van der Waals surface area (Å²) in [7, 11) is 1.66. The third-order valence-corrected chi connectivity index (χ3v) is 5.87. The molecule has 2 aromatic carbocycles. The number of carbonyl (C=O) groups excluding carboxylic acids is 1. The van der Waals surface area contributed by atoms with Gasteiger partial charge in [-0.2, -0.15) is 5.10 Å². The summed E-state index contributed by atoms with van der Waals surface area (Å²) in [6, 6.07) is 17.8. The van der Waals surface area contributed by atoms with Gasteiger partial charge in [-0.15, -0.1) is 0 Å². The number of aromatic nitrogens is 3. The van der Waals surface area contributed by atoms with Gasteiger partial charge in [-0.3, -0.25) is 9.89 Å². The SMILES string of the molecule is COc1ccc(-c2cc(N3CCCN(C(=O)c4ccc5[nH]ccc5c4)CC3)n[nH]2)cc1. The average molecular weight is 415 g/mol. The molecule has 0 bridgehead atoms. The Labute approximate surface area is 180 Å². The predicted molar refractivity (Wildman–Crippen MR) is 122 cm³/mol. The van der Waals surface area contributed by atoms with Crippen LogP contribution in [0.3, 0.4) is 0 Å². The zero-order valence-electron chi connectivity index (χ0n) is 17.5. The Kier molecular flexibility index (Phi) is 5.08. The van der Waals surface area contributed by atoms with Gasteiger partial charge in [0.15, 0.2) is 5.82 Å². The number of amides is 1. The number of rotatable bonds is 4. The van der Waals surface area contributed by atoms with Crippen LogP contribution >= 0.6 is 0 Å². The average Bonchev–Trinajstić information content (AvgIpc) is 3.43. The van der Waals surface area contributed by atoms with Crippen LogP contribution in [0.4, 0.5) is 5.82 Å². The van der Waals surface area contributed by atoms with Gasteiger partial charge in [-0.25, -0.2) is 0 Å². The summed E-state index contributed by atoms with van der Waals surface area (Å²) in [6.07, 6.45) is 2.80. The molecule has 1 aliphatic rings. The highest BCUT2D eigenvalue weighted by atomic mass is 16.5. The van der Waals surface area contributed by atoms with Crippen LogP contribution in [0.25, 0.3) is 22.2 Å². The molecule has 3 heterocycles. The van der Waals surface area contributed by atoms with E-state index in [-0.39, 0.29) is 5.91 Å². The Balaban J connectivity index is 1.27. The second kappa shape index (κ2) is 8.18. The van der Waals surface area contributed by atoms with E-state index in [0.29, 0.717) is 6.54 Å². The monoisotopic (exact) mass is 415 g/mol. The molecule has 2 N–H and O–H groups in total. The number of aromatic amines is 2. The maximum atomic E-state index is 13.1. The first-order chi connectivity index (χ1) is 15.2. The molecule has 1 saturated heterocycles. The molecule has 0 spiro atoms. The predicted octanol–water partition coefficient (Wildman–Crippen LogP) is 3.92. The van der Waals surface area contributed by atoms with Gasteiger partial charge in [0.1, 0.15) is 5.75 Å². The van der Waals surface area contributed by atoms with Crippen LogP contribution in [0.2, 0.25) is 0 Å². The molecule has 31 heavy (non-hydrogen) atoms. The van der Waals surface area contributed by atoms with Crippen LogP contribution in [-0.2, 0) is 0 Å². The highest BCUT2D eigenvalue weighted by molar-refractivity contribution is 5.98. The van der Waals surface area contributed by atoms with E-state index in [1.165, 1.54) is 0 Å². The fourth-order valence-electron chi connectivity index (χ4n) is 4.11. The van der Waals surface area contributed by atoms with Crippen molar-refractivity contribution in [2.75, 3.05) is 38.2 Å². The zero-order chi connectivity index (χ0) is 21.2. The summed E-state index contributed by atoms with van der Waals surface area (Å²) >= 11 is 0. The smallest absolute Gasteiger partial charge is 0.253 e. The lowest BCUT2D eigenvalue weighted by molar-refractivity contribution is 0.0767. The van der Waals surface area contributed by atoms with Crippen molar-refractivity contribution in [1.82, 2.24) is 20.1 Å². The van der Waals surface area contributed by atoms with Gasteiger partial charge in [0.2, 0.25) is 0 Å². The minimum absolute atomic E-state index is 0.0888. The van der Waals surface area contributed by atoms with Crippen molar-refractivity contribution in [3.63, 3.8) is 0 Å². The van der Waals surface area contributed by atoms with Crippen molar-refractivity contribution < 1.29 is 9.53 Å². The van der Waals surface area contributed by atoms with Gasteiger partial charge < -0.3 is 19.5 Å². The highest BCUT2D eigenvalue weighted by Gasteiger charge is 2.22. The van der Waals surface area contributed by atoms with E-state index >= 15 is 0 Å².